The van der Waals surface area contributed by atoms with E-state index in [0.29, 0.717) is 30.4 Å². The maximum atomic E-state index is 11.5. The number of anilines is 1. The van der Waals surface area contributed by atoms with Gasteiger partial charge in [-0.3, -0.25) is 0 Å². The molecule has 4 heteroatoms. The lowest BCUT2D eigenvalue weighted by Gasteiger charge is -2.08. The smallest absolute Gasteiger partial charge is 0.338 e. The molecule has 0 saturated carbocycles. The third kappa shape index (κ3) is 4.31. The highest BCUT2D eigenvalue weighted by atomic mass is 16.5. The highest BCUT2D eigenvalue weighted by molar-refractivity contribution is 5.89. The van der Waals surface area contributed by atoms with Crippen molar-refractivity contribution in [3.8, 4) is 0 Å². The summed E-state index contributed by atoms with van der Waals surface area (Å²) in [6.45, 7) is 5.13. The lowest BCUT2D eigenvalue weighted by molar-refractivity contribution is 0.0506. The van der Waals surface area contributed by atoms with Gasteiger partial charge in [0, 0.05) is 18.3 Å². The number of nitrogens with one attached hydrogen (secondary N) is 1. The number of nitrogen functional groups attached to an aromatic ring is 1. The van der Waals surface area contributed by atoms with Crippen LogP contribution in [0.3, 0.4) is 0 Å². The molecule has 1 rings (SSSR count). The van der Waals surface area contributed by atoms with Crippen LogP contribution in [0.5, 0.6) is 0 Å². The summed E-state index contributed by atoms with van der Waals surface area (Å²) in [7, 11) is 0. The fraction of sp³-hybridized carbons (Fsp3) is 0.417. The quantitative estimate of drug-likeness (QED) is 0.449. The molecule has 0 spiro atoms. The third-order valence-electron chi connectivity index (χ3n) is 2.03. The lowest BCUT2D eigenvalue weighted by atomic mass is 10.2. The zero-order chi connectivity index (χ0) is 12.0. The van der Waals surface area contributed by atoms with Crippen LogP contribution in [0.1, 0.15) is 24.2 Å². The highest BCUT2D eigenvalue weighted by Gasteiger charge is 2.05. The number of hydrogen-bond acceptors (Lipinski definition) is 4. The Bertz CT molecular complexity index is 333. The minimum Gasteiger partial charge on any atom is -0.461 e. The minimum atomic E-state index is -0.314. The van der Waals surface area contributed by atoms with Gasteiger partial charge in [0.15, 0.2) is 0 Å². The van der Waals surface area contributed by atoms with E-state index in [9.17, 15) is 4.79 Å². The van der Waals surface area contributed by atoms with E-state index in [-0.39, 0.29) is 5.97 Å². The van der Waals surface area contributed by atoms with Crippen molar-refractivity contribution in [3.05, 3.63) is 29.8 Å². The van der Waals surface area contributed by atoms with Gasteiger partial charge in [-0.2, -0.15) is 0 Å². The summed E-state index contributed by atoms with van der Waals surface area (Å²) in [6, 6.07) is 7.09. The van der Waals surface area contributed by atoms with Gasteiger partial charge in [-0.15, -0.1) is 0 Å². The number of carbonyl (C=O) groups is 1. The number of benzene rings is 1. The standard InChI is InChI=1S/C12H18N2O2/c1-9(2)14-7-8-16-12(15)10-3-5-11(13)6-4-10/h3-6,9,14H,7-8,13H2,1-2H3. The summed E-state index contributed by atoms with van der Waals surface area (Å²) >= 11 is 0. The molecule has 4 nitrogen and oxygen atoms in total. The maximum Gasteiger partial charge on any atom is 0.338 e. The Kier molecular flexibility index (Phi) is 4.79. The van der Waals surface area contributed by atoms with Gasteiger partial charge < -0.3 is 15.8 Å². The third-order valence-corrected chi connectivity index (χ3v) is 2.03. The number of hydrogen-bond donors (Lipinski definition) is 2. The molecule has 0 aliphatic heterocycles. The molecule has 0 aromatic heterocycles. The number of esters is 1. The summed E-state index contributed by atoms with van der Waals surface area (Å²) < 4.78 is 5.08. The van der Waals surface area contributed by atoms with Crippen LogP contribution in [0, 0.1) is 0 Å². The Morgan fingerprint density at radius 3 is 2.56 bits per heavy atom. The summed E-state index contributed by atoms with van der Waals surface area (Å²) in [6.07, 6.45) is 0. The topological polar surface area (TPSA) is 64.3 Å². The van der Waals surface area contributed by atoms with Crippen LogP contribution in [0.15, 0.2) is 24.3 Å². The maximum absolute atomic E-state index is 11.5. The molecule has 0 aliphatic rings. The van der Waals surface area contributed by atoms with Gasteiger partial charge >= 0.3 is 5.97 Å². The first-order valence-electron chi connectivity index (χ1n) is 5.35. The summed E-state index contributed by atoms with van der Waals surface area (Å²) in [5, 5.41) is 3.16. The summed E-state index contributed by atoms with van der Waals surface area (Å²) in [4.78, 5) is 11.5. The Morgan fingerprint density at radius 2 is 2.00 bits per heavy atom. The van der Waals surface area contributed by atoms with Gasteiger partial charge in [0.05, 0.1) is 5.56 Å². The zero-order valence-corrected chi connectivity index (χ0v) is 9.69. The van der Waals surface area contributed by atoms with Crippen LogP contribution in [0.2, 0.25) is 0 Å². The van der Waals surface area contributed by atoms with E-state index in [2.05, 4.69) is 5.32 Å². The normalized spacial score (nSPS) is 10.4. The fourth-order valence-electron chi connectivity index (χ4n) is 1.19. The largest absolute Gasteiger partial charge is 0.461 e. The molecule has 0 amide bonds. The molecule has 0 heterocycles. The fourth-order valence-corrected chi connectivity index (χ4v) is 1.19. The van der Waals surface area contributed by atoms with Crippen LogP contribution in [0.4, 0.5) is 5.69 Å². The Balaban J connectivity index is 2.32. The first-order chi connectivity index (χ1) is 7.59. The summed E-state index contributed by atoms with van der Waals surface area (Å²) in [5.41, 5.74) is 6.68. The van der Waals surface area contributed by atoms with E-state index in [4.69, 9.17) is 10.5 Å². The first-order valence-corrected chi connectivity index (χ1v) is 5.35. The van der Waals surface area contributed by atoms with Gasteiger partial charge in [0.2, 0.25) is 0 Å². The van der Waals surface area contributed by atoms with E-state index >= 15 is 0 Å². The second kappa shape index (κ2) is 6.12. The Labute approximate surface area is 95.8 Å². The Morgan fingerprint density at radius 1 is 1.38 bits per heavy atom. The zero-order valence-electron chi connectivity index (χ0n) is 9.69. The average molecular weight is 222 g/mol. The number of carbonyl (C=O) groups excluding carboxylic acids is 1. The molecule has 1 aromatic rings. The highest BCUT2D eigenvalue weighted by Crippen LogP contribution is 2.06. The van der Waals surface area contributed by atoms with E-state index in [0.717, 1.165) is 0 Å². The van der Waals surface area contributed by atoms with Crippen LogP contribution >= 0.6 is 0 Å². The summed E-state index contributed by atoms with van der Waals surface area (Å²) in [5.74, 6) is -0.314. The molecule has 0 bridgehead atoms. The molecule has 0 unspecified atom stereocenters. The van der Waals surface area contributed by atoms with Crippen molar-refractivity contribution in [2.24, 2.45) is 0 Å². The van der Waals surface area contributed by atoms with E-state index in [1.165, 1.54) is 0 Å². The van der Waals surface area contributed by atoms with Crippen molar-refractivity contribution in [2.75, 3.05) is 18.9 Å². The molecular weight excluding hydrogens is 204 g/mol. The van der Waals surface area contributed by atoms with E-state index < -0.39 is 0 Å². The number of rotatable bonds is 5. The predicted octanol–water partition coefficient (Wildman–Crippen LogP) is 1.42. The number of ether oxygens (including phenoxy) is 1. The van der Waals surface area contributed by atoms with Crippen LogP contribution in [-0.2, 0) is 4.74 Å². The SMILES string of the molecule is CC(C)NCCOC(=O)c1ccc(N)cc1. The van der Waals surface area contributed by atoms with Crippen LogP contribution in [-0.4, -0.2) is 25.2 Å². The molecule has 0 radical (unpaired) electrons. The first kappa shape index (κ1) is 12.5. The molecule has 16 heavy (non-hydrogen) atoms. The number of nitrogens with two attached hydrogens (primary N) is 1. The van der Waals surface area contributed by atoms with Gasteiger partial charge in [-0.1, -0.05) is 13.8 Å². The van der Waals surface area contributed by atoms with Crippen molar-refractivity contribution in [2.45, 2.75) is 19.9 Å². The van der Waals surface area contributed by atoms with Gasteiger partial charge in [-0.25, -0.2) is 4.79 Å². The molecule has 88 valence electrons. The van der Waals surface area contributed by atoms with E-state index in [1.807, 2.05) is 13.8 Å². The van der Waals surface area contributed by atoms with Crippen molar-refractivity contribution >= 4 is 11.7 Å². The van der Waals surface area contributed by atoms with Gasteiger partial charge in [-0.05, 0) is 24.3 Å². The van der Waals surface area contributed by atoms with Crippen LogP contribution < -0.4 is 11.1 Å². The van der Waals surface area contributed by atoms with Crippen molar-refractivity contribution in [3.63, 3.8) is 0 Å². The molecular formula is C12H18N2O2. The monoisotopic (exact) mass is 222 g/mol. The van der Waals surface area contributed by atoms with Crippen molar-refractivity contribution in [1.29, 1.82) is 0 Å². The van der Waals surface area contributed by atoms with Crippen molar-refractivity contribution < 1.29 is 9.53 Å². The van der Waals surface area contributed by atoms with E-state index in [1.54, 1.807) is 24.3 Å². The minimum absolute atomic E-state index is 0.314. The molecule has 0 fully saturated rings. The van der Waals surface area contributed by atoms with Crippen LogP contribution in [0.25, 0.3) is 0 Å². The van der Waals surface area contributed by atoms with Gasteiger partial charge in [0.1, 0.15) is 6.61 Å². The second-order valence-corrected chi connectivity index (χ2v) is 3.87. The molecule has 3 N–H and O–H groups in total. The molecule has 1 aromatic carbocycles. The van der Waals surface area contributed by atoms with Gasteiger partial charge in [0.25, 0.3) is 0 Å². The lowest BCUT2D eigenvalue weighted by Crippen LogP contribution is -2.27. The Hall–Kier alpha value is -1.55. The second-order valence-electron chi connectivity index (χ2n) is 3.87. The molecule has 0 aliphatic carbocycles. The molecule has 0 saturated heterocycles. The van der Waals surface area contributed by atoms with Crippen molar-refractivity contribution in [1.82, 2.24) is 5.32 Å². The predicted molar refractivity (Wildman–Crippen MR) is 64.3 cm³/mol. The average Bonchev–Trinajstić information content (AvgIpc) is 2.25. The molecule has 0 atom stereocenters.